The van der Waals surface area contributed by atoms with Crippen LogP contribution >= 0.6 is 0 Å². The van der Waals surface area contributed by atoms with Crippen LogP contribution in [0.5, 0.6) is 0 Å². The highest BCUT2D eigenvalue weighted by Crippen LogP contribution is 2.44. The molecule has 0 aromatic rings. The molecule has 1 aliphatic rings. The molecule has 0 bridgehead atoms. The average Bonchev–Trinajstić information content (AvgIpc) is 2.28. The van der Waals surface area contributed by atoms with Gasteiger partial charge in [0.05, 0.1) is 0 Å². The molecule has 4 unspecified atom stereocenters. The Morgan fingerprint density at radius 3 is 2.08 bits per heavy atom. The molecule has 72 valence electrons. The standard InChI is InChI=1S/C12H24/c1-5-7-12-10(4)8-9(3)11(12)6-2/h9-12H,5-8H2,1-4H3. The van der Waals surface area contributed by atoms with Gasteiger partial charge in [-0.15, -0.1) is 0 Å². The molecule has 0 heterocycles. The molecule has 0 aromatic heterocycles. The molecular formula is C12H24. The Hall–Kier alpha value is 0. The number of hydrogen-bond acceptors (Lipinski definition) is 0. The lowest BCUT2D eigenvalue weighted by Gasteiger charge is -2.22. The van der Waals surface area contributed by atoms with E-state index in [1.54, 1.807) is 0 Å². The van der Waals surface area contributed by atoms with Gasteiger partial charge in [0, 0.05) is 0 Å². The van der Waals surface area contributed by atoms with Crippen molar-refractivity contribution in [1.29, 1.82) is 0 Å². The molecule has 1 saturated carbocycles. The summed E-state index contributed by atoms with van der Waals surface area (Å²) in [5.41, 5.74) is 0. The Bertz CT molecular complexity index is 128. The molecule has 0 heteroatoms. The van der Waals surface area contributed by atoms with Crippen molar-refractivity contribution < 1.29 is 0 Å². The lowest BCUT2D eigenvalue weighted by molar-refractivity contribution is 0.272. The number of hydrogen-bond donors (Lipinski definition) is 0. The first-order valence-corrected chi connectivity index (χ1v) is 5.70. The zero-order valence-corrected chi connectivity index (χ0v) is 9.14. The monoisotopic (exact) mass is 168 g/mol. The average molecular weight is 168 g/mol. The molecule has 1 aliphatic carbocycles. The van der Waals surface area contributed by atoms with Gasteiger partial charge in [0.15, 0.2) is 0 Å². The first kappa shape index (κ1) is 10.1. The Balaban J connectivity index is 2.55. The SMILES string of the molecule is CCCC1C(C)CC(C)C1CC. The number of rotatable bonds is 3. The molecule has 4 atom stereocenters. The van der Waals surface area contributed by atoms with Crippen LogP contribution in [0.4, 0.5) is 0 Å². The molecule has 0 radical (unpaired) electrons. The van der Waals surface area contributed by atoms with Crippen LogP contribution in [0.3, 0.4) is 0 Å². The first-order valence-electron chi connectivity index (χ1n) is 5.70. The molecule has 0 nitrogen and oxygen atoms in total. The van der Waals surface area contributed by atoms with Crippen molar-refractivity contribution in [1.82, 2.24) is 0 Å². The molecule has 0 amide bonds. The zero-order chi connectivity index (χ0) is 9.14. The van der Waals surface area contributed by atoms with Gasteiger partial charge in [-0.3, -0.25) is 0 Å². The highest BCUT2D eigenvalue weighted by molar-refractivity contribution is 4.85. The maximum absolute atomic E-state index is 2.45. The molecule has 0 spiro atoms. The van der Waals surface area contributed by atoms with Gasteiger partial charge in [0.2, 0.25) is 0 Å². The minimum atomic E-state index is 0.988. The third-order valence-electron chi connectivity index (χ3n) is 3.85. The van der Waals surface area contributed by atoms with E-state index < -0.39 is 0 Å². The highest BCUT2D eigenvalue weighted by Gasteiger charge is 2.36. The van der Waals surface area contributed by atoms with E-state index in [1.807, 2.05) is 0 Å². The predicted molar refractivity (Wildman–Crippen MR) is 55.1 cm³/mol. The molecule has 12 heavy (non-hydrogen) atoms. The first-order chi connectivity index (χ1) is 5.70. The van der Waals surface area contributed by atoms with Gasteiger partial charge in [-0.1, -0.05) is 47.0 Å². The molecule has 0 aromatic carbocycles. The second kappa shape index (κ2) is 4.30. The smallest absolute Gasteiger partial charge is 0.0358 e. The summed E-state index contributed by atoms with van der Waals surface area (Å²) < 4.78 is 0. The van der Waals surface area contributed by atoms with Crippen molar-refractivity contribution >= 4 is 0 Å². The second-order valence-electron chi connectivity index (χ2n) is 4.71. The third kappa shape index (κ3) is 1.84. The second-order valence-corrected chi connectivity index (χ2v) is 4.71. The van der Waals surface area contributed by atoms with Gasteiger partial charge in [0.1, 0.15) is 0 Å². The third-order valence-corrected chi connectivity index (χ3v) is 3.85. The van der Waals surface area contributed by atoms with Crippen LogP contribution < -0.4 is 0 Å². The summed E-state index contributed by atoms with van der Waals surface area (Å²) in [5.74, 6) is 4.04. The van der Waals surface area contributed by atoms with Crippen LogP contribution in [0.25, 0.3) is 0 Å². The van der Waals surface area contributed by atoms with Crippen LogP contribution in [0.1, 0.15) is 53.4 Å². The van der Waals surface area contributed by atoms with Gasteiger partial charge >= 0.3 is 0 Å². The summed E-state index contributed by atoms with van der Waals surface area (Å²) in [4.78, 5) is 0. The van der Waals surface area contributed by atoms with Crippen molar-refractivity contribution in [2.45, 2.75) is 53.4 Å². The lowest BCUT2D eigenvalue weighted by Crippen LogP contribution is -2.14. The van der Waals surface area contributed by atoms with E-state index in [4.69, 9.17) is 0 Å². The minimum absolute atomic E-state index is 0.988. The van der Waals surface area contributed by atoms with Crippen molar-refractivity contribution in [2.24, 2.45) is 23.7 Å². The minimum Gasteiger partial charge on any atom is -0.0654 e. The predicted octanol–water partition coefficient (Wildman–Crippen LogP) is 4.10. The lowest BCUT2D eigenvalue weighted by atomic mass is 9.83. The molecule has 1 fully saturated rings. The fraction of sp³-hybridized carbons (Fsp3) is 1.00. The molecule has 0 N–H and O–H groups in total. The van der Waals surface area contributed by atoms with Crippen LogP contribution in [-0.4, -0.2) is 0 Å². The van der Waals surface area contributed by atoms with Gasteiger partial charge in [-0.2, -0.15) is 0 Å². The van der Waals surface area contributed by atoms with Gasteiger partial charge in [0.25, 0.3) is 0 Å². The topological polar surface area (TPSA) is 0 Å². The van der Waals surface area contributed by atoms with Crippen LogP contribution in [-0.2, 0) is 0 Å². The summed E-state index contributed by atoms with van der Waals surface area (Å²) in [6.07, 6.45) is 5.71. The summed E-state index contributed by atoms with van der Waals surface area (Å²) in [6.45, 7) is 9.58. The van der Waals surface area contributed by atoms with Crippen molar-refractivity contribution in [3.8, 4) is 0 Å². The molecule has 1 rings (SSSR count). The summed E-state index contributed by atoms with van der Waals surface area (Å²) in [7, 11) is 0. The fourth-order valence-electron chi connectivity index (χ4n) is 3.32. The Kier molecular flexibility index (Phi) is 3.61. The van der Waals surface area contributed by atoms with Crippen molar-refractivity contribution in [3.05, 3.63) is 0 Å². The molecule has 0 aliphatic heterocycles. The summed E-state index contributed by atoms with van der Waals surface area (Å²) in [6, 6.07) is 0. The van der Waals surface area contributed by atoms with Crippen LogP contribution in [0.15, 0.2) is 0 Å². The Labute approximate surface area is 77.7 Å². The van der Waals surface area contributed by atoms with Crippen molar-refractivity contribution in [3.63, 3.8) is 0 Å². The molecule has 0 saturated heterocycles. The maximum Gasteiger partial charge on any atom is -0.0358 e. The highest BCUT2D eigenvalue weighted by atomic mass is 14.4. The van der Waals surface area contributed by atoms with Crippen LogP contribution in [0.2, 0.25) is 0 Å². The van der Waals surface area contributed by atoms with Crippen molar-refractivity contribution in [2.75, 3.05) is 0 Å². The van der Waals surface area contributed by atoms with E-state index in [0.717, 1.165) is 23.7 Å². The Morgan fingerprint density at radius 2 is 1.58 bits per heavy atom. The Morgan fingerprint density at radius 1 is 1.00 bits per heavy atom. The molecular weight excluding hydrogens is 144 g/mol. The van der Waals surface area contributed by atoms with Gasteiger partial charge in [-0.25, -0.2) is 0 Å². The fourth-order valence-corrected chi connectivity index (χ4v) is 3.32. The normalized spacial score (nSPS) is 42.0. The van der Waals surface area contributed by atoms with E-state index in [-0.39, 0.29) is 0 Å². The maximum atomic E-state index is 2.45. The largest absolute Gasteiger partial charge is 0.0654 e. The summed E-state index contributed by atoms with van der Waals surface area (Å²) >= 11 is 0. The zero-order valence-electron chi connectivity index (χ0n) is 9.14. The summed E-state index contributed by atoms with van der Waals surface area (Å²) in [5, 5.41) is 0. The quantitative estimate of drug-likeness (QED) is 0.595. The van der Waals surface area contributed by atoms with Gasteiger partial charge in [-0.05, 0) is 30.1 Å². The van der Waals surface area contributed by atoms with E-state index in [0.29, 0.717) is 0 Å². The van der Waals surface area contributed by atoms with E-state index in [9.17, 15) is 0 Å². The van der Waals surface area contributed by atoms with Gasteiger partial charge < -0.3 is 0 Å². The van der Waals surface area contributed by atoms with E-state index in [2.05, 4.69) is 27.7 Å². The van der Waals surface area contributed by atoms with E-state index in [1.165, 1.54) is 25.7 Å². The van der Waals surface area contributed by atoms with Crippen LogP contribution in [0, 0.1) is 23.7 Å². The van der Waals surface area contributed by atoms with E-state index >= 15 is 0 Å².